The van der Waals surface area contributed by atoms with E-state index >= 15 is 0 Å². The van der Waals surface area contributed by atoms with Crippen LogP contribution in [0.5, 0.6) is 0 Å². The van der Waals surface area contributed by atoms with E-state index in [1.807, 2.05) is 0 Å². The Labute approximate surface area is 83.5 Å². The van der Waals surface area contributed by atoms with Gasteiger partial charge in [-0.15, -0.1) is 0 Å². The van der Waals surface area contributed by atoms with E-state index in [2.05, 4.69) is 25.8 Å². The van der Waals surface area contributed by atoms with Gasteiger partial charge in [0.15, 0.2) is 0 Å². The van der Waals surface area contributed by atoms with Crippen molar-refractivity contribution in [3.8, 4) is 0 Å². The van der Waals surface area contributed by atoms with E-state index in [1.165, 1.54) is 32.2 Å². The van der Waals surface area contributed by atoms with E-state index < -0.39 is 0 Å². The van der Waals surface area contributed by atoms with Gasteiger partial charge in [0.25, 0.3) is 0 Å². The molecule has 0 fully saturated rings. The van der Waals surface area contributed by atoms with Gasteiger partial charge in [0.1, 0.15) is 0 Å². The first-order valence-corrected chi connectivity index (χ1v) is 5.61. The molecule has 0 saturated heterocycles. The summed E-state index contributed by atoms with van der Waals surface area (Å²) in [6, 6.07) is 0.345. The average molecular weight is 186 g/mol. The summed E-state index contributed by atoms with van der Waals surface area (Å²) in [5.74, 6) is 0. The second kappa shape index (κ2) is 8.52. The predicted octanol–water partition coefficient (Wildman–Crippen LogP) is 2.24. The summed E-state index contributed by atoms with van der Waals surface area (Å²) in [6.45, 7) is 6.70. The van der Waals surface area contributed by atoms with Crippen LogP contribution in [0.4, 0.5) is 0 Å². The topological polar surface area (TPSA) is 29.3 Å². The predicted molar refractivity (Wildman–Crippen MR) is 59.9 cm³/mol. The highest BCUT2D eigenvalue weighted by molar-refractivity contribution is 4.58. The molecule has 80 valence electrons. The molecule has 0 amide bonds. The van der Waals surface area contributed by atoms with Gasteiger partial charge in [0.05, 0.1) is 0 Å². The molecular formula is C11H26N2. The zero-order valence-electron chi connectivity index (χ0n) is 9.55. The number of hydrogen-bond acceptors (Lipinski definition) is 2. The van der Waals surface area contributed by atoms with Gasteiger partial charge in [-0.1, -0.05) is 26.2 Å². The molecule has 1 atom stereocenters. The van der Waals surface area contributed by atoms with Gasteiger partial charge in [-0.25, -0.2) is 0 Å². The highest BCUT2D eigenvalue weighted by Gasteiger charge is 1.99. The minimum absolute atomic E-state index is 0.345. The van der Waals surface area contributed by atoms with Gasteiger partial charge >= 0.3 is 0 Å². The van der Waals surface area contributed by atoms with Gasteiger partial charge in [0.2, 0.25) is 0 Å². The molecule has 1 unspecified atom stereocenters. The molecule has 0 aromatic heterocycles. The summed E-state index contributed by atoms with van der Waals surface area (Å²) in [6.07, 6.45) is 6.53. The van der Waals surface area contributed by atoms with E-state index in [0.29, 0.717) is 6.04 Å². The van der Waals surface area contributed by atoms with Gasteiger partial charge < -0.3 is 10.6 Å². The fourth-order valence-electron chi connectivity index (χ4n) is 1.34. The zero-order chi connectivity index (χ0) is 10.1. The van der Waals surface area contributed by atoms with Crippen molar-refractivity contribution in [2.45, 2.75) is 52.0 Å². The van der Waals surface area contributed by atoms with Crippen LogP contribution in [-0.4, -0.2) is 31.1 Å². The van der Waals surface area contributed by atoms with E-state index in [0.717, 1.165) is 13.0 Å². The third-order valence-electron chi connectivity index (χ3n) is 2.36. The maximum Gasteiger partial charge on any atom is 0.00226 e. The third kappa shape index (κ3) is 9.84. The number of rotatable bonds is 8. The quantitative estimate of drug-likeness (QED) is 0.589. The minimum atomic E-state index is 0.345. The van der Waals surface area contributed by atoms with Crippen LogP contribution in [0.25, 0.3) is 0 Å². The van der Waals surface area contributed by atoms with Crippen molar-refractivity contribution >= 4 is 0 Å². The normalized spacial score (nSPS) is 13.6. The summed E-state index contributed by atoms with van der Waals surface area (Å²) in [5, 5.41) is 0. The summed E-state index contributed by atoms with van der Waals surface area (Å²) in [7, 11) is 2.19. The molecule has 2 heteroatoms. The first kappa shape index (κ1) is 12.9. The summed E-state index contributed by atoms with van der Waals surface area (Å²) < 4.78 is 0. The lowest BCUT2D eigenvalue weighted by Gasteiger charge is -2.17. The van der Waals surface area contributed by atoms with Crippen molar-refractivity contribution in [3.05, 3.63) is 0 Å². The molecule has 0 aliphatic carbocycles. The standard InChI is InChI=1S/C11H26N2/c1-4-5-6-7-9-13(3)10-8-11(2)12/h11H,4-10,12H2,1-3H3. The number of hydrogen-bond donors (Lipinski definition) is 1. The van der Waals surface area contributed by atoms with Crippen LogP contribution in [0.1, 0.15) is 46.0 Å². The van der Waals surface area contributed by atoms with E-state index in [-0.39, 0.29) is 0 Å². The summed E-state index contributed by atoms with van der Waals surface area (Å²) >= 11 is 0. The lowest BCUT2D eigenvalue weighted by Crippen LogP contribution is -2.26. The highest BCUT2D eigenvalue weighted by atomic mass is 15.1. The van der Waals surface area contributed by atoms with Crippen molar-refractivity contribution in [2.24, 2.45) is 5.73 Å². The van der Waals surface area contributed by atoms with Crippen molar-refractivity contribution in [1.29, 1.82) is 0 Å². The number of nitrogens with two attached hydrogens (primary N) is 1. The Bertz CT molecular complexity index is 102. The molecule has 0 bridgehead atoms. The molecule has 0 aliphatic rings. The Balaban J connectivity index is 3.15. The molecule has 0 aliphatic heterocycles. The van der Waals surface area contributed by atoms with Crippen LogP contribution in [0.3, 0.4) is 0 Å². The van der Waals surface area contributed by atoms with Crippen molar-refractivity contribution in [3.63, 3.8) is 0 Å². The molecule has 0 aromatic carbocycles. The van der Waals surface area contributed by atoms with E-state index in [4.69, 9.17) is 5.73 Å². The maximum atomic E-state index is 5.69. The van der Waals surface area contributed by atoms with E-state index in [1.54, 1.807) is 0 Å². The van der Waals surface area contributed by atoms with Crippen molar-refractivity contribution < 1.29 is 0 Å². The second-order valence-corrected chi connectivity index (χ2v) is 4.13. The SMILES string of the molecule is CCCCCCN(C)CCC(C)N. The molecule has 0 rings (SSSR count). The van der Waals surface area contributed by atoms with E-state index in [9.17, 15) is 0 Å². The Morgan fingerprint density at radius 3 is 2.38 bits per heavy atom. The summed E-state index contributed by atoms with van der Waals surface area (Å²) in [5.41, 5.74) is 5.69. The first-order chi connectivity index (χ1) is 6.16. The third-order valence-corrected chi connectivity index (χ3v) is 2.36. The lowest BCUT2D eigenvalue weighted by molar-refractivity contribution is 0.312. The molecule has 2 nitrogen and oxygen atoms in total. The van der Waals surface area contributed by atoms with Crippen LogP contribution >= 0.6 is 0 Å². The Hall–Kier alpha value is -0.0800. The molecule has 0 saturated carbocycles. The zero-order valence-corrected chi connectivity index (χ0v) is 9.55. The van der Waals surface area contributed by atoms with Gasteiger partial charge in [-0.2, -0.15) is 0 Å². The highest BCUT2D eigenvalue weighted by Crippen LogP contribution is 2.00. The monoisotopic (exact) mass is 186 g/mol. The molecule has 0 spiro atoms. The lowest BCUT2D eigenvalue weighted by atomic mass is 10.2. The molecule has 0 radical (unpaired) electrons. The largest absolute Gasteiger partial charge is 0.328 e. The molecule has 2 N–H and O–H groups in total. The van der Waals surface area contributed by atoms with Crippen LogP contribution in [0.15, 0.2) is 0 Å². The maximum absolute atomic E-state index is 5.69. The second-order valence-electron chi connectivity index (χ2n) is 4.13. The minimum Gasteiger partial charge on any atom is -0.328 e. The van der Waals surface area contributed by atoms with Crippen LogP contribution in [0, 0.1) is 0 Å². The smallest absolute Gasteiger partial charge is 0.00226 e. The molecule has 13 heavy (non-hydrogen) atoms. The Kier molecular flexibility index (Phi) is 8.46. The molecule has 0 heterocycles. The van der Waals surface area contributed by atoms with Crippen molar-refractivity contribution in [2.75, 3.05) is 20.1 Å². The summed E-state index contributed by atoms with van der Waals surface area (Å²) in [4.78, 5) is 2.39. The molecular weight excluding hydrogens is 160 g/mol. The number of nitrogens with zero attached hydrogens (tertiary/aromatic N) is 1. The Morgan fingerprint density at radius 1 is 1.15 bits per heavy atom. The Morgan fingerprint density at radius 2 is 1.85 bits per heavy atom. The number of unbranched alkanes of at least 4 members (excludes halogenated alkanes) is 3. The van der Waals surface area contributed by atoms with Gasteiger partial charge in [0, 0.05) is 6.04 Å². The fraction of sp³-hybridized carbons (Fsp3) is 1.00. The van der Waals surface area contributed by atoms with Crippen LogP contribution in [-0.2, 0) is 0 Å². The van der Waals surface area contributed by atoms with Gasteiger partial charge in [-0.05, 0) is 39.9 Å². The van der Waals surface area contributed by atoms with Crippen molar-refractivity contribution in [1.82, 2.24) is 4.90 Å². The first-order valence-electron chi connectivity index (χ1n) is 5.61. The average Bonchev–Trinajstić information content (AvgIpc) is 2.09. The fourth-order valence-corrected chi connectivity index (χ4v) is 1.34. The van der Waals surface area contributed by atoms with Crippen LogP contribution in [0.2, 0.25) is 0 Å². The van der Waals surface area contributed by atoms with Gasteiger partial charge in [-0.3, -0.25) is 0 Å². The van der Waals surface area contributed by atoms with Crippen LogP contribution < -0.4 is 5.73 Å². The molecule has 0 aromatic rings.